The third kappa shape index (κ3) is 8780. The maximum Gasteiger partial charge on any atom is 1.00 e. The van der Waals surface area contributed by atoms with Gasteiger partial charge in [0.15, 0.2) is 34.7 Å². The first-order chi connectivity index (χ1) is 4.00. The van der Waals surface area contributed by atoms with E-state index in [-0.39, 0.29) is 250 Å². The van der Waals surface area contributed by atoms with Crippen LogP contribution in [0.2, 0.25) is 0 Å². The summed E-state index contributed by atoms with van der Waals surface area (Å²) in [5, 5.41) is 0. The normalized spacial score (nSPS) is 3.05. The second-order valence-electron chi connectivity index (χ2n) is 0.896. The van der Waals surface area contributed by atoms with Crippen molar-refractivity contribution in [2.45, 2.75) is 0 Å². The van der Waals surface area contributed by atoms with Crippen molar-refractivity contribution in [3.63, 3.8) is 0 Å². The minimum Gasteiger partial charge on any atom is -1.00 e. The van der Waals surface area contributed by atoms with Gasteiger partial charge in [0.25, 0.3) is 0 Å². The van der Waals surface area contributed by atoms with Crippen molar-refractivity contribution in [3.8, 4) is 0 Å². The molecule has 0 aliphatic heterocycles. The van der Waals surface area contributed by atoms with E-state index in [1.807, 2.05) is 0 Å². The summed E-state index contributed by atoms with van der Waals surface area (Å²) in [4.78, 5) is 0. The van der Waals surface area contributed by atoms with E-state index in [4.69, 9.17) is 35.0 Å². The summed E-state index contributed by atoms with van der Waals surface area (Å²) in [5.74, 6) is 0. The zero-order valence-electron chi connectivity index (χ0n) is 20.2. The van der Waals surface area contributed by atoms with E-state index in [0.717, 1.165) is 0 Å². The molecule has 38 heteroatoms. The zero-order valence-corrected chi connectivity index (χ0v) is 25.0. The van der Waals surface area contributed by atoms with Crippen LogP contribution in [0.3, 0.4) is 0 Å². The molecule has 0 saturated heterocycles. The third-order valence-corrected chi connectivity index (χ3v) is 0. The molecule has 0 aliphatic rings. The van der Waals surface area contributed by atoms with Crippen molar-refractivity contribution in [1.82, 2.24) is 0 Å². The molecule has 52 N–H and O–H groups in total. The van der Waals surface area contributed by atoms with Gasteiger partial charge in [0.1, 0.15) is 0 Å². The van der Waals surface area contributed by atoms with Crippen LogP contribution >= 0.6 is 0 Å². The van der Waals surface area contributed by atoms with E-state index in [0.29, 0.717) is 0 Å². The van der Waals surface area contributed by atoms with Gasteiger partial charge < -0.3 is 134 Å². The molecular formula is H60Al2KNaO32S2. The Balaban J connectivity index is -0.000000000610. The first-order valence-corrected chi connectivity index (χ1v) is 4.19. The molecule has 0 heterocycles. The summed E-state index contributed by atoms with van der Waals surface area (Å²) >= 11 is 0. The minimum atomic E-state index is -4.67. The largest absolute Gasteiger partial charge is 1.00 e. The van der Waals surface area contributed by atoms with E-state index in [9.17, 15) is 0 Å². The van der Waals surface area contributed by atoms with Crippen LogP contribution < -0.4 is 80.9 Å². The van der Waals surface area contributed by atoms with Gasteiger partial charge in [0.05, 0.1) is 0 Å². The van der Waals surface area contributed by atoms with Crippen LogP contribution in [0.25, 0.3) is 0 Å². The molecule has 32 nitrogen and oxygen atoms in total. The van der Waals surface area contributed by atoms with Gasteiger partial charge >= 0.3 is 102 Å². The maximum absolute atomic E-state index is 8.74. The minimum absolute atomic E-state index is 0. The number of hydrogen-bond acceptors (Lipinski definition) is 4. The Morgan fingerprint density at radius 3 is 0.289 bits per heavy atom. The van der Waals surface area contributed by atoms with Gasteiger partial charge in [0, 0.05) is 0 Å². The van der Waals surface area contributed by atoms with Crippen LogP contribution in [-0.4, -0.2) is 201 Å². The van der Waals surface area contributed by atoms with Crippen LogP contribution in [0.1, 0.15) is 2.85 Å². The first-order valence-electron chi connectivity index (χ1n) is 1.40. The molecule has 0 spiro atoms. The van der Waals surface area contributed by atoms with Gasteiger partial charge in [-0.25, -0.2) is 0 Å². The summed E-state index contributed by atoms with van der Waals surface area (Å²) in [6.45, 7) is 0. The SMILES string of the molecule is O.O.O.O.O.O.O.O.O.O.O.O.O.O.O.O.O.O.O.O.O.O.O.O.O=S(=O)(O)O.O=S(=O)(O)O.[AlH3].[AlH3].[H-].[H-].[K+].[Na+]. The molecule has 0 unspecified atom stereocenters. The molecule has 272 valence electrons. The van der Waals surface area contributed by atoms with Gasteiger partial charge in [-0.2, -0.15) is 16.8 Å². The topological polar surface area (TPSA) is 905 Å². The predicted molar refractivity (Wildman–Crippen MR) is 137 cm³/mol. The standard InChI is InChI=1S/2Al.K.Na.2H2O4S.24H2O.8H/c;;;;2*1-5(2,3)4;;;;;;;;;;;;;;;;;;;;;;;;;;;;;;;;/h;;;;2*(H2,1,2,3,4);24*1H2;;;;;;;;/q;;2*+1;;;;;;;;;;;;;;;;;;;;;;;;;;;;;;;;;2*-1. The van der Waals surface area contributed by atoms with Gasteiger partial charge in [-0.05, 0) is 0 Å². The second-order valence-corrected chi connectivity index (χ2v) is 2.69. The first kappa shape index (κ1) is 574. The molecule has 0 aliphatic carbocycles. The molecule has 0 fully saturated rings. The van der Waals surface area contributed by atoms with Crippen LogP contribution in [-0.2, 0) is 20.8 Å². The number of rotatable bonds is 0. The zero-order chi connectivity index (χ0) is 9.00. The second kappa shape index (κ2) is 279. The van der Waals surface area contributed by atoms with Crippen molar-refractivity contribution in [3.05, 3.63) is 0 Å². The smallest absolute Gasteiger partial charge is 1.00 e. The van der Waals surface area contributed by atoms with Crippen molar-refractivity contribution in [1.29, 1.82) is 0 Å². The molecule has 0 saturated carbocycles. The van der Waals surface area contributed by atoms with Gasteiger partial charge in [0.2, 0.25) is 0 Å². The van der Waals surface area contributed by atoms with Crippen LogP contribution in [0.4, 0.5) is 0 Å². The Hall–Kier alpha value is 2.48. The Morgan fingerprint density at radius 2 is 0.289 bits per heavy atom. The molecular weight excluding hydrogens is 692 g/mol. The average Bonchev–Trinajstić information content (AvgIpc) is 1.12. The van der Waals surface area contributed by atoms with Gasteiger partial charge in [-0.1, -0.05) is 0 Å². The summed E-state index contributed by atoms with van der Waals surface area (Å²) < 4.78 is 63.2. The molecule has 38 heavy (non-hydrogen) atoms. The Labute approximate surface area is 302 Å². The van der Waals surface area contributed by atoms with E-state index < -0.39 is 20.8 Å². The van der Waals surface area contributed by atoms with Crippen molar-refractivity contribution < 1.29 is 250 Å². The Morgan fingerprint density at radius 1 is 0.289 bits per heavy atom. The van der Waals surface area contributed by atoms with Crippen molar-refractivity contribution in [2.24, 2.45) is 0 Å². The summed E-state index contributed by atoms with van der Waals surface area (Å²) in [5.41, 5.74) is 0. The van der Waals surface area contributed by atoms with Crippen molar-refractivity contribution in [2.75, 3.05) is 0 Å². The fourth-order valence-electron chi connectivity index (χ4n) is 0. The molecule has 0 bridgehead atoms. The third-order valence-electron chi connectivity index (χ3n) is 0. The molecule has 0 amide bonds. The molecule has 0 aromatic rings. The fourth-order valence-corrected chi connectivity index (χ4v) is 0. The van der Waals surface area contributed by atoms with E-state index in [1.54, 1.807) is 0 Å². The Kier molecular flexibility index (Phi) is 4210. The monoisotopic (exact) mass is 752 g/mol. The Bertz CT molecular complexity index is 243. The van der Waals surface area contributed by atoms with E-state index >= 15 is 0 Å². The quantitative estimate of drug-likeness (QED) is 0.136. The van der Waals surface area contributed by atoms with Crippen LogP contribution in [0.15, 0.2) is 0 Å². The fraction of sp³-hybridized carbons (Fsp3) is 0. The predicted octanol–water partition coefficient (Wildman–Crippen LogP) is -29.2. The van der Waals surface area contributed by atoms with Gasteiger partial charge in [-0.3, -0.25) is 18.2 Å². The van der Waals surface area contributed by atoms with Crippen LogP contribution in [0, 0.1) is 0 Å². The number of hydrogen-bond donors (Lipinski definition) is 4. The summed E-state index contributed by atoms with van der Waals surface area (Å²) in [7, 11) is -9.33. The maximum atomic E-state index is 8.74. The molecule has 0 rings (SSSR count). The molecule has 0 aromatic heterocycles. The van der Waals surface area contributed by atoms with Gasteiger partial charge in [-0.15, -0.1) is 0 Å². The average molecular weight is 753 g/mol. The summed E-state index contributed by atoms with van der Waals surface area (Å²) in [6, 6.07) is 0. The molecule has 0 atom stereocenters. The summed E-state index contributed by atoms with van der Waals surface area (Å²) in [6.07, 6.45) is 0. The molecule has 0 aromatic carbocycles. The molecule has 0 radical (unpaired) electrons. The van der Waals surface area contributed by atoms with E-state index in [1.165, 1.54) is 0 Å². The van der Waals surface area contributed by atoms with E-state index in [2.05, 4.69) is 0 Å². The van der Waals surface area contributed by atoms with Crippen LogP contribution in [0.5, 0.6) is 0 Å². The van der Waals surface area contributed by atoms with Crippen molar-refractivity contribution >= 4 is 55.5 Å².